The molecule has 0 radical (unpaired) electrons. The van der Waals surface area contributed by atoms with E-state index < -0.39 is 0 Å². The van der Waals surface area contributed by atoms with Gasteiger partial charge in [-0.25, -0.2) is 0 Å². The molecule has 2 N–H and O–H groups in total. The van der Waals surface area contributed by atoms with Gasteiger partial charge in [0, 0.05) is 25.1 Å². The second kappa shape index (κ2) is 7.82. The highest BCUT2D eigenvalue weighted by atomic mass is 16.5. The third kappa shape index (κ3) is 4.71. The highest BCUT2D eigenvalue weighted by Crippen LogP contribution is 2.28. The van der Waals surface area contributed by atoms with E-state index in [1.807, 2.05) is 0 Å². The molecule has 1 aromatic rings. The van der Waals surface area contributed by atoms with Crippen molar-refractivity contribution in [3.8, 4) is 5.75 Å². The molecule has 126 valence electrons. The molecule has 1 atom stereocenters. The van der Waals surface area contributed by atoms with Gasteiger partial charge >= 0.3 is 0 Å². The van der Waals surface area contributed by atoms with Gasteiger partial charge in [-0.15, -0.1) is 0 Å². The van der Waals surface area contributed by atoms with Crippen LogP contribution in [0.5, 0.6) is 5.75 Å². The van der Waals surface area contributed by atoms with Crippen molar-refractivity contribution < 1.29 is 9.53 Å². The van der Waals surface area contributed by atoms with E-state index >= 15 is 0 Å². The molecule has 1 aliphatic carbocycles. The number of ether oxygens (including phenoxy) is 1. The molecule has 1 saturated carbocycles. The molecule has 1 heterocycles. The third-order valence-corrected chi connectivity index (χ3v) is 5.06. The summed E-state index contributed by atoms with van der Waals surface area (Å²) in [6, 6.07) is 8.40. The molecule has 1 aromatic carbocycles. The molecule has 4 heteroatoms. The van der Waals surface area contributed by atoms with Gasteiger partial charge in [-0.1, -0.05) is 18.2 Å². The Morgan fingerprint density at radius 3 is 2.74 bits per heavy atom. The zero-order valence-electron chi connectivity index (χ0n) is 13.9. The molecule has 2 fully saturated rings. The number of benzene rings is 1. The lowest BCUT2D eigenvalue weighted by Crippen LogP contribution is -2.36. The maximum Gasteiger partial charge on any atom is 0.217 e. The maximum atomic E-state index is 11.2. The Kier molecular flexibility index (Phi) is 5.55. The van der Waals surface area contributed by atoms with Crippen LogP contribution in [0.25, 0.3) is 0 Å². The Hall–Kier alpha value is -1.55. The summed E-state index contributed by atoms with van der Waals surface area (Å²) in [5, 5.41) is 0. The first kappa shape index (κ1) is 16.3. The van der Waals surface area contributed by atoms with Gasteiger partial charge in [-0.3, -0.25) is 9.69 Å². The molecule has 2 aliphatic rings. The van der Waals surface area contributed by atoms with E-state index in [1.165, 1.54) is 31.2 Å². The number of nitrogens with zero attached hydrogens (tertiary/aromatic N) is 1. The van der Waals surface area contributed by atoms with Crippen molar-refractivity contribution in [2.24, 2.45) is 11.7 Å². The summed E-state index contributed by atoms with van der Waals surface area (Å²) >= 11 is 0. The minimum absolute atomic E-state index is 0.179. The average molecular weight is 316 g/mol. The molecule has 0 bridgehead atoms. The fourth-order valence-electron chi connectivity index (χ4n) is 3.92. The smallest absolute Gasteiger partial charge is 0.217 e. The highest BCUT2D eigenvalue weighted by molar-refractivity contribution is 5.74. The minimum Gasteiger partial charge on any atom is -0.490 e. The number of amides is 1. The Labute approximate surface area is 139 Å². The van der Waals surface area contributed by atoms with Gasteiger partial charge in [0.15, 0.2) is 0 Å². The van der Waals surface area contributed by atoms with E-state index in [4.69, 9.17) is 10.5 Å². The van der Waals surface area contributed by atoms with Gasteiger partial charge in [0.1, 0.15) is 5.75 Å². The summed E-state index contributed by atoms with van der Waals surface area (Å²) in [7, 11) is 0. The van der Waals surface area contributed by atoms with Crippen LogP contribution in [-0.2, 0) is 11.3 Å². The van der Waals surface area contributed by atoms with Gasteiger partial charge in [0.05, 0.1) is 6.10 Å². The number of piperidine rings is 1. The molecule has 1 aliphatic heterocycles. The second-order valence-corrected chi connectivity index (χ2v) is 7.05. The van der Waals surface area contributed by atoms with E-state index in [9.17, 15) is 4.79 Å². The number of nitrogens with two attached hydrogens (primary N) is 1. The van der Waals surface area contributed by atoms with Gasteiger partial charge in [0.2, 0.25) is 5.91 Å². The van der Waals surface area contributed by atoms with Crippen LogP contribution >= 0.6 is 0 Å². The molecule has 1 unspecified atom stereocenters. The predicted molar refractivity (Wildman–Crippen MR) is 91.1 cm³/mol. The molecular weight excluding hydrogens is 288 g/mol. The predicted octanol–water partition coefficient (Wildman–Crippen LogP) is 3.10. The number of hydrogen-bond donors (Lipinski definition) is 1. The fraction of sp³-hybridized carbons (Fsp3) is 0.632. The number of hydrogen-bond acceptors (Lipinski definition) is 3. The van der Waals surface area contributed by atoms with Crippen LogP contribution in [-0.4, -0.2) is 30.0 Å². The molecule has 1 amide bonds. The quantitative estimate of drug-likeness (QED) is 0.877. The number of primary amides is 1. The van der Waals surface area contributed by atoms with Crippen molar-refractivity contribution in [1.82, 2.24) is 4.90 Å². The monoisotopic (exact) mass is 316 g/mol. The molecular formula is C19H28N2O2. The van der Waals surface area contributed by atoms with Crippen LogP contribution in [0.15, 0.2) is 24.3 Å². The lowest BCUT2D eigenvalue weighted by atomic mass is 9.94. The third-order valence-electron chi connectivity index (χ3n) is 5.06. The number of carbonyl (C=O) groups excluding carboxylic acids is 1. The lowest BCUT2D eigenvalue weighted by Gasteiger charge is -2.32. The zero-order chi connectivity index (χ0) is 16.1. The first-order chi connectivity index (χ1) is 11.2. The fourth-order valence-corrected chi connectivity index (χ4v) is 3.92. The topological polar surface area (TPSA) is 55.6 Å². The first-order valence-electron chi connectivity index (χ1n) is 8.96. The number of rotatable bonds is 6. The Bertz CT molecular complexity index is 526. The summed E-state index contributed by atoms with van der Waals surface area (Å²) in [5.74, 6) is 1.27. The van der Waals surface area contributed by atoms with Crippen molar-refractivity contribution >= 4 is 5.91 Å². The molecule has 3 rings (SSSR count). The largest absolute Gasteiger partial charge is 0.490 e. The molecule has 0 spiro atoms. The Morgan fingerprint density at radius 1 is 1.17 bits per heavy atom. The molecule has 23 heavy (non-hydrogen) atoms. The summed E-state index contributed by atoms with van der Waals surface area (Å²) in [5.41, 5.74) is 6.62. The normalized spacial score (nSPS) is 23.0. The lowest BCUT2D eigenvalue weighted by molar-refractivity contribution is -0.119. The van der Waals surface area contributed by atoms with Crippen LogP contribution in [0.4, 0.5) is 0 Å². The standard InChI is InChI=1S/C19H28N2O2/c20-19(22)12-15-6-5-11-21(13-15)14-16-7-1-4-10-18(16)23-17-8-2-3-9-17/h1,4,7,10,15,17H,2-3,5-6,8-9,11-14H2,(H2,20,22). The zero-order valence-corrected chi connectivity index (χ0v) is 13.9. The van der Waals surface area contributed by atoms with E-state index in [2.05, 4.69) is 29.2 Å². The number of carbonyl (C=O) groups is 1. The van der Waals surface area contributed by atoms with Gasteiger partial charge in [-0.05, 0) is 57.1 Å². The van der Waals surface area contributed by atoms with Crippen LogP contribution < -0.4 is 10.5 Å². The van der Waals surface area contributed by atoms with Gasteiger partial charge in [0.25, 0.3) is 0 Å². The highest BCUT2D eigenvalue weighted by Gasteiger charge is 2.23. The average Bonchev–Trinajstić information content (AvgIpc) is 3.02. The van der Waals surface area contributed by atoms with Crippen LogP contribution in [0.3, 0.4) is 0 Å². The van der Waals surface area contributed by atoms with E-state index in [0.29, 0.717) is 18.4 Å². The van der Waals surface area contributed by atoms with Crippen molar-refractivity contribution in [1.29, 1.82) is 0 Å². The summed E-state index contributed by atoms with van der Waals surface area (Å²) in [6.45, 7) is 2.95. The van der Waals surface area contributed by atoms with Gasteiger partial charge in [-0.2, -0.15) is 0 Å². The van der Waals surface area contributed by atoms with Crippen LogP contribution in [0.1, 0.15) is 50.5 Å². The van der Waals surface area contributed by atoms with E-state index in [0.717, 1.165) is 38.2 Å². The molecule has 1 saturated heterocycles. The Morgan fingerprint density at radius 2 is 1.96 bits per heavy atom. The SMILES string of the molecule is NC(=O)CC1CCCN(Cc2ccccc2OC2CCCC2)C1. The van der Waals surface area contributed by atoms with Gasteiger partial charge < -0.3 is 10.5 Å². The van der Waals surface area contributed by atoms with E-state index in [-0.39, 0.29) is 5.91 Å². The minimum atomic E-state index is -0.179. The van der Waals surface area contributed by atoms with Crippen molar-refractivity contribution in [2.45, 2.75) is 57.6 Å². The Balaban J connectivity index is 1.61. The maximum absolute atomic E-state index is 11.2. The first-order valence-corrected chi connectivity index (χ1v) is 8.96. The number of likely N-dealkylation sites (tertiary alicyclic amines) is 1. The molecule has 0 aromatic heterocycles. The van der Waals surface area contributed by atoms with Crippen molar-refractivity contribution in [3.05, 3.63) is 29.8 Å². The van der Waals surface area contributed by atoms with Crippen molar-refractivity contribution in [3.63, 3.8) is 0 Å². The van der Waals surface area contributed by atoms with Crippen LogP contribution in [0.2, 0.25) is 0 Å². The van der Waals surface area contributed by atoms with Crippen molar-refractivity contribution in [2.75, 3.05) is 13.1 Å². The van der Waals surface area contributed by atoms with E-state index in [1.54, 1.807) is 0 Å². The van der Waals surface area contributed by atoms with Crippen LogP contribution in [0, 0.1) is 5.92 Å². The molecule has 4 nitrogen and oxygen atoms in total. The second-order valence-electron chi connectivity index (χ2n) is 7.05. The summed E-state index contributed by atoms with van der Waals surface area (Å²) in [4.78, 5) is 13.6. The summed E-state index contributed by atoms with van der Waals surface area (Å²) < 4.78 is 6.24. The number of para-hydroxylation sites is 1. The summed E-state index contributed by atoms with van der Waals surface area (Å²) in [6.07, 6.45) is 8.08.